The maximum Gasteiger partial charge on any atom is 0.238 e. The number of anilines is 1. The molecule has 0 N–H and O–H groups in total. The Morgan fingerprint density at radius 3 is 2.33 bits per heavy atom. The second-order valence-corrected chi connectivity index (χ2v) is 8.16. The van der Waals surface area contributed by atoms with Gasteiger partial charge in [-0.05, 0) is 42.8 Å². The number of benzene rings is 2. The first-order valence-electron chi connectivity index (χ1n) is 10.0. The molecular weight excluding hydrogens is 354 g/mol. The number of carbonyl (C=O) groups excluding carboxylic acids is 1. The van der Waals surface area contributed by atoms with Crippen LogP contribution >= 0.6 is 11.8 Å². The average molecular weight is 384 g/mol. The van der Waals surface area contributed by atoms with E-state index in [1.165, 1.54) is 38.5 Å². The molecule has 0 bridgehead atoms. The Morgan fingerprint density at radius 1 is 0.926 bits per heavy atom. The van der Waals surface area contributed by atoms with Crippen LogP contribution < -0.4 is 9.64 Å². The van der Waals surface area contributed by atoms with E-state index in [2.05, 4.69) is 6.92 Å². The van der Waals surface area contributed by atoms with E-state index in [0.29, 0.717) is 5.75 Å². The normalized spacial score (nSPS) is 16.7. The van der Waals surface area contributed by atoms with Crippen molar-refractivity contribution in [1.82, 2.24) is 0 Å². The fraction of sp³-hybridized carbons (Fsp3) is 0.435. The van der Waals surface area contributed by atoms with Crippen molar-refractivity contribution < 1.29 is 9.53 Å². The molecule has 1 aliphatic rings. The van der Waals surface area contributed by atoms with Crippen LogP contribution in [0.1, 0.15) is 51.9 Å². The molecule has 1 atom stereocenters. The fourth-order valence-corrected chi connectivity index (χ4v) is 4.59. The first-order chi connectivity index (χ1) is 13.3. The monoisotopic (exact) mass is 383 g/mol. The molecule has 27 heavy (non-hydrogen) atoms. The third kappa shape index (κ3) is 5.77. The number of amides is 1. The topological polar surface area (TPSA) is 29.5 Å². The number of hydrogen-bond acceptors (Lipinski definition) is 3. The second-order valence-electron chi connectivity index (χ2n) is 6.99. The minimum absolute atomic E-state index is 0.215. The van der Waals surface area contributed by atoms with Gasteiger partial charge in [0.1, 0.15) is 11.5 Å². The molecule has 144 valence electrons. The minimum Gasteiger partial charge on any atom is -0.457 e. The van der Waals surface area contributed by atoms with E-state index in [1.807, 2.05) is 59.5 Å². The third-order valence-electron chi connectivity index (χ3n) is 4.85. The lowest BCUT2D eigenvalue weighted by atomic mass is 10.1. The summed E-state index contributed by atoms with van der Waals surface area (Å²) < 4.78 is 5.85. The molecule has 1 fully saturated rings. The molecular formula is C23H29NO2S. The Bertz CT molecular complexity index is 702. The molecule has 3 rings (SSSR count). The largest absolute Gasteiger partial charge is 0.457 e. The van der Waals surface area contributed by atoms with Crippen LogP contribution in [0.2, 0.25) is 0 Å². The highest BCUT2D eigenvalue weighted by molar-refractivity contribution is 8.01. The summed E-state index contributed by atoms with van der Waals surface area (Å²) in [7, 11) is 0. The predicted octanol–water partition coefficient (Wildman–Crippen LogP) is 6.64. The lowest BCUT2D eigenvalue weighted by Crippen LogP contribution is -2.32. The lowest BCUT2D eigenvalue weighted by molar-refractivity contribution is -0.115. The molecule has 2 aromatic rings. The van der Waals surface area contributed by atoms with E-state index in [1.54, 1.807) is 11.8 Å². The Hall–Kier alpha value is -1.94. The van der Waals surface area contributed by atoms with E-state index in [-0.39, 0.29) is 11.3 Å². The van der Waals surface area contributed by atoms with Gasteiger partial charge in [0.15, 0.2) is 0 Å². The summed E-state index contributed by atoms with van der Waals surface area (Å²) in [5, 5.41) is 0.268. The summed E-state index contributed by atoms with van der Waals surface area (Å²) in [5.41, 5.74) is 0.974. The zero-order chi connectivity index (χ0) is 18.9. The quantitative estimate of drug-likeness (QED) is 0.431. The summed E-state index contributed by atoms with van der Waals surface area (Å²) >= 11 is 1.77. The van der Waals surface area contributed by atoms with Gasteiger partial charge in [0.2, 0.25) is 5.91 Å². The van der Waals surface area contributed by atoms with Gasteiger partial charge in [0.25, 0.3) is 0 Å². The van der Waals surface area contributed by atoms with Crippen LogP contribution in [-0.2, 0) is 4.79 Å². The van der Waals surface area contributed by atoms with Crippen molar-refractivity contribution in [3.8, 4) is 11.5 Å². The zero-order valence-electron chi connectivity index (χ0n) is 16.1. The molecule has 1 amide bonds. The van der Waals surface area contributed by atoms with Crippen molar-refractivity contribution in [2.75, 3.05) is 10.7 Å². The van der Waals surface area contributed by atoms with Gasteiger partial charge in [-0.1, -0.05) is 63.6 Å². The summed E-state index contributed by atoms with van der Waals surface area (Å²) in [5.74, 6) is 2.41. The summed E-state index contributed by atoms with van der Waals surface area (Å²) in [4.78, 5) is 14.4. The predicted molar refractivity (Wildman–Crippen MR) is 115 cm³/mol. The van der Waals surface area contributed by atoms with Gasteiger partial charge < -0.3 is 4.74 Å². The Balaban J connectivity index is 1.55. The summed E-state index contributed by atoms with van der Waals surface area (Å²) in [6.45, 7) is 2.24. The van der Waals surface area contributed by atoms with Crippen molar-refractivity contribution in [3.05, 3.63) is 54.6 Å². The maximum absolute atomic E-state index is 12.4. The molecule has 0 aromatic heterocycles. The van der Waals surface area contributed by atoms with Gasteiger partial charge in [0, 0.05) is 5.69 Å². The van der Waals surface area contributed by atoms with Crippen LogP contribution in [0.4, 0.5) is 5.69 Å². The molecule has 1 aliphatic heterocycles. The van der Waals surface area contributed by atoms with Crippen molar-refractivity contribution in [2.45, 2.75) is 57.2 Å². The number of nitrogens with zero attached hydrogens (tertiary/aromatic N) is 1. The van der Waals surface area contributed by atoms with Crippen molar-refractivity contribution in [3.63, 3.8) is 0 Å². The zero-order valence-corrected chi connectivity index (χ0v) is 16.9. The van der Waals surface area contributed by atoms with Crippen molar-refractivity contribution in [2.24, 2.45) is 0 Å². The first kappa shape index (κ1) is 19.8. The van der Waals surface area contributed by atoms with Crippen LogP contribution in [-0.4, -0.2) is 17.0 Å². The molecule has 0 aliphatic carbocycles. The van der Waals surface area contributed by atoms with Gasteiger partial charge in [-0.25, -0.2) is 0 Å². The Kier molecular flexibility index (Phi) is 7.64. The molecule has 0 spiro atoms. The molecule has 1 unspecified atom stereocenters. The van der Waals surface area contributed by atoms with Crippen LogP contribution in [0.5, 0.6) is 11.5 Å². The molecule has 0 radical (unpaired) electrons. The molecule has 1 saturated heterocycles. The molecule has 4 heteroatoms. The number of para-hydroxylation sites is 1. The number of rotatable bonds is 10. The highest BCUT2D eigenvalue weighted by Crippen LogP contribution is 2.35. The number of ether oxygens (including phenoxy) is 1. The molecule has 3 nitrogen and oxygen atoms in total. The van der Waals surface area contributed by atoms with E-state index in [4.69, 9.17) is 4.74 Å². The summed E-state index contributed by atoms with van der Waals surface area (Å²) in [6, 6.07) is 17.6. The van der Waals surface area contributed by atoms with E-state index < -0.39 is 0 Å². The molecule has 0 saturated carbocycles. The number of unbranched alkanes of at least 4 members (excludes halogenated alkanes) is 5. The molecule has 1 heterocycles. The van der Waals surface area contributed by atoms with Crippen molar-refractivity contribution in [1.29, 1.82) is 0 Å². The van der Waals surface area contributed by atoms with Crippen molar-refractivity contribution >= 4 is 23.4 Å². The number of hydrogen-bond donors (Lipinski definition) is 0. The van der Waals surface area contributed by atoms with Gasteiger partial charge >= 0.3 is 0 Å². The van der Waals surface area contributed by atoms with E-state index >= 15 is 0 Å². The number of thioether (sulfide) groups is 1. The maximum atomic E-state index is 12.4. The SMILES string of the molecule is CCCCCCCCC1SCC(=O)N1c1ccc(Oc2ccccc2)cc1. The van der Waals surface area contributed by atoms with Crippen LogP contribution in [0.25, 0.3) is 0 Å². The number of carbonyl (C=O) groups is 1. The second kappa shape index (κ2) is 10.4. The van der Waals surface area contributed by atoms with Gasteiger partial charge in [0.05, 0.1) is 11.1 Å². The van der Waals surface area contributed by atoms with Gasteiger partial charge in [-0.3, -0.25) is 9.69 Å². The van der Waals surface area contributed by atoms with E-state index in [0.717, 1.165) is 23.6 Å². The highest BCUT2D eigenvalue weighted by Gasteiger charge is 2.32. The smallest absolute Gasteiger partial charge is 0.238 e. The Morgan fingerprint density at radius 2 is 1.59 bits per heavy atom. The average Bonchev–Trinajstić information content (AvgIpc) is 3.06. The lowest BCUT2D eigenvalue weighted by Gasteiger charge is -2.24. The third-order valence-corrected chi connectivity index (χ3v) is 6.10. The van der Waals surface area contributed by atoms with Gasteiger partial charge in [-0.15, -0.1) is 11.8 Å². The minimum atomic E-state index is 0.215. The van der Waals surface area contributed by atoms with Crippen LogP contribution in [0.3, 0.4) is 0 Å². The van der Waals surface area contributed by atoms with Crippen LogP contribution in [0.15, 0.2) is 54.6 Å². The van der Waals surface area contributed by atoms with Gasteiger partial charge in [-0.2, -0.15) is 0 Å². The Labute approximate surface area is 167 Å². The first-order valence-corrected chi connectivity index (χ1v) is 11.1. The van der Waals surface area contributed by atoms with E-state index in [9.17, 15) is 4.79 Å². The standard InChI is InChI=1S/C23H29NO2S/c1-2-3-4-5-6-10-13-23-24(22(25)18-27-23)19-14-16-21(17-15-19)26-20-11-8-7-9-12-20/h7-9,11-12,14-17,23H,2-6,10,13,18H2,1H3. The molecule has 2 aromatic carbocycles. The fourth-order valence-electron chi connectivity index (χ4n) is 3.39. The highest BCUT2D eigenvalue weighted by atomic mass is 32.2. The van der Waals surface area contributed by atoms with Crippen LogP contribution in [0, 0.1) is 0 Å². The summed E-state index contributed by atoms with van der Waals surface area (Å²) in [6.07, 6.45) is 8.80.